The lowest BCUT2D eigenvalue weighted by atomic mass is 10.1. The van der Waals surface area contributed by atoms with Crippen molar-refractivity contribution in [3.63, 3.8) is 0 Å². The number of nitrogens with zero attached hydrogens (tertiary/aromatic N) is 1. The van der Waals surface area contributed by atoms with Gasteiger partial charge < -0.3 is 11.1 Å². The normalized spacial score (nSPS) is 10.6. The third-order valence-electron chi connectivity index (χ3n) is 2.98. The van der Waals surface area contributed by atoms with Crippen LogP contribution in [0, 0.1) is 6.92 Å². The molecule has 0 atom stereocenters. The second-order valence-electron chi connectivity index (χ2n) is 4.64. The fourth-order valence-electron chi connectivity index (χ4n) is 1.97. The van der Waals surface area contributed by atoms with Gasteiger partial charge in [-0.05, 0) is 31.5 Å². The van der Waals surface area contributed by atoms with Crippen LogP contribution < -0.4 is 11.1 Å². The molecule has 1 amide bonds. The number of aryl methyl sites for hydroxylation is 2. The third kappa shape index (κ3) is 3.76. The molecule has 1 aromatic carbocycles. The molecule has 0 radical (unpaired) electrons. The van der Waals surface area contributed by atoms with E-state index in [1.807, 2.05) is 18.2 Å². The SMILES string of the molecule is Cc1ccc2nc(CCC(=O)NCCN)ccc2c1. The minimum Gasteiger partial charge on any atom is -0.355 e. The first kappa shape index (κ1) is 13.5. The first-order chi connectivity index (χ1) is 9.19. The molecule has 0 unspecified atom stereocenters. The second-order valence-corrected chi connectivity index (χ2v) is 4.64. The summed E-state index contributed by atoms with van der Waals surface area (Å²) in [7, 11) is 0. The minimum atomic E-state index is 0.0243. The predicted octanol–water partition coefficient (Wildman–Crippen LogP) is 1.55. The van der Waals surface area contributed by atoms with E-state index >= 15 is 0 Å². The monoisotopic (exact) mass is 257 g/mol. The Bertz CT molecular complexity index is 581. The van der Waals surface area contributed by atoms with Crippen molar-refractivity contribution in [3.05, 3.63) is 41.6 Å². The Morgan fingerprint density at radius 1 is 1.32 bits per heavy atom. The van der Waals surface area contributed by atoms with Crippen LogP contribution in [0.1, 0.15) is 17.7 Å². The van der Waals surface area contributed by atoms with Crippen LogP contribution in [-0.4, -0.2) is 24.0 Å². The highest BCUT2D eigenvalue weighted by Gasteiger charge is 2.03. The molecule has 100 valence electrons. The van der Waals surface area contributed by atoms with Gasteiger partial charge in [0, 0.05) is 30.6 Å². The summed E-state index contributed by atoms with van der Waals surface area (Å²) in [6, 6.07) is 10.2. The molecule has 0 aliphatic carbocycles. The highest BCUT2D eigenvalue weighted by atomic mass is 16.1. The maximum atomic E-state index is 11.5. The average Bonchev–Trinajstić information content (AvgIpc) is 2.42. The Kier molecular flexibility index (Phi) is 4.47. The van der Waals surface area contributed by atoms with E-state index in [2.05, 4.69) is 29.4 Å². The van der Waals surface area contributed by atoms with Gasteiger partial charge in [-0.2, -0.15) is 0 Å². The number of pyridine rings is 1. The molecule has 0 spiro atoms. The molecule has 1 aromatic heterocycles. The summed E-state index contributed by atoms with van der Waals surface area (Å²) >= 11 is 0. The van der Waals surface area contributed by atoms with Gasteiger partial charge in [0.1, 0.15) is 0 Å². The van der Waals surface area contributed by atoms with Gasteiger partial charge in [-0.15, -0.1) is 0 Å². The number of hydrogen-bond donors (Lipinski definition) is 2. The van der Waals surface area contributed by atoms with Crippen LogP contribution in [0.2, 0.25) is 0 Å². The molecule has 0 fully saturated rings. The Morgan fingerprint density at radius 3 is 2.95 bits per heavy atom. The summed E-state index contributed by atoms with van der Waals surface area (Å²) < 4.78 is 0. The summed E-state index contributed by atoms with van der Waals surface area (Å²) in [5.74, 6) is 0.0243. The number of aromatic nitrogens is 1. The van der Waals surface area contributed by atoms with Gasteiger partial charge in [0.2, 0.25) is 5.91 Å². The molecule has 0 saturated carbocycles. The number of hydrogen-bond acceptors (Lipinski definition) is 3. The van der Waals surface area contributed by atoms with Gasteiger partial charge in [0.05, 0.1) is 5.52 Å². The van der Waals surface area contributed by atoms with Crippen molar-refractivity contribution in [2.24, 2.45) is 5.73 Å². The molecule has 4 nitrogen and oxygen atoms in total. The van der Waals surface area contributed by atoms with Crippen LogP contribution in [0.5, 0.6) is 0 Å². The van der Waals surface area contributed by atoms with Crippen LogP contribution in [0.4, 0.5) is 0 Å². The zero-order chi connectivity index (χ0) is 13.7. The molecular formula is C15H19N3O. The molecule has 4 heteroatoms. The van der Waals surface area contributed by atoms with Crippen molar-refractivity contribution in [1.82, 2.24) is 10.3 Å². The number of fused-ring (bicyclic) bond motifs is 1. The first-order valence-corrected chi connectivity index (χ1v) is 6.52. The zero-order valence-electron chi connectivity index (χ0n) is 11.1. The lowest BCUT2D eigenvalue weighted by Gasteiger charge is -2.05. The molecule has 19 heavy (non-hydrogen) atoms. The molecule has 0 bridgehead atoms. The van der Waals surface area contributed by atoms with E-state index in [1.54, 1.807) is 0 Å². The lowest BCUT2D eigenvalue weighted by Crippen LogP contribution is -2.29. The van der Waals surface area contributed by atoms with E-state index in [0.29, 0.717) is 25.9 Å². The van der Waals surface area contributed by atoms with E-state index in [4.69, 9.17) is 5.73 Å². The second kappa shape index (κ2) is 6.29. The zero-order valence-corrected chi connectivity index (χ0v) is 11.1. The van der Waals surface area contributed by atoms with Crippen LogP contribution in [-0.2, 0) is 11.2 Å². The van der Waals surface area contributed by atoms with Gasteiger partial charge in [0.25, 0.3) is 0 Å². The number of rotatable bonds is 5. The Balaban J connectivity index is 2.01. The van der Waals surface area contributed by atoms with Crippen LogP contribution in [0.15, 0.2) is 30.3 Å². The molecule has 2 aromatic rings. The Hall–Kier alpha value is -1.94. The van der Waals surface area contributed by atoms with Crippen molar-refractivity contribution in [1.29, 1.82) is 0 Å². The summed E-state index contributed by atoms with van der Waals surface area (Å²) in [5, 5.41) is 3.89. The summed E-state index contributed by atoms with van der Waals surface area (Å²) in [4.78, 5) is 16.1. The number of nitrogens with two attached hydrogens (primary N) is 1. The van der Waals surface area contributed by atoms with Gasteiger partial charge in [-0.3, -0.25) is 9.78 Å². The van der Waals surface area contributed by atoms with Gasteiger partial charge >= 0.3 is 0 Å². The smallest absolute Gasteiger partial charge is 0.220 e. The highest BCUT2D eigenvalue weighted by molar-refractivity contribution is 5.79. The third-order valence-corrected chi connectivity index (χ3v) is 2.98. The number of carbonyl (C=O) groups is 1. The maximum absolute atomic E-state index is 11.5. The predicted molar refractivity (Wildman–Crippen MR) is 76.9 cm³/mol. The molecular weight excluding hydrogens is 238 g/mol. The van der Waals surface area contributed by atoms with Crippen molar-refractivity contribution < 1.29 is 4.79 Å². The molecule has 0 saturated heterocycles. The standard InChI is InChI=1S/C15H19N3O/c1-11-2-6-14-12(10-11)3-4-13(18-14)5-7-15(19)17-9-8-16/h2-4,6,10H,5,7-9,16H2,1H3,(H,17,19). The average molecular weight is 257 g/mol. The number of nitrogens with one attached hydrogen (secondary N) is 1. The fraction of sp³-hybridized carbons (Fsp3) is 0.333. The topological polar surface area (TPSA) is 68.0 Å². The summed E-state index contributed by atoms with van der Waals surface area (Å²) in [5.41, 5.74) is 8.48. The van der Waals surface area contributed by atoms with Crippen molar-refractivity contribution >= 4 is 16.8 Å². The number of benzene rings is 1. The van der Waals surface area contributed by atoms with Crippen molar-refractivity contribution in [3.8, 4) is 0 Å². The summed E-state index contributed by atoms with van der Waals surface area (Å²) in [6.07, 6.45) is 1.10. The molecule has 0 aliphatic heterocycles. The van der Waals surface area contributed by atoms with E-state index < -0.39 is 0 Å². The van der Waals surface area contributed by atoms with E-state index in [-0.39, 0.29) is 5.91 Å². The largest absolute Gasteiger partial charge is 0.355 e. The van der Waals surface area contributed by atoms with Crippen molar-refractivity contribution in [2.75, 3.05) is 13.1 Å². The minimum absolute atomic E-state index is 0.0243. The quantitative estimate of drug-likeness (QED) is 0.854. The number of carbonyl (C=O) groups excluding carboxylic acids is 1. The van der Waals surface area contributed by atoms with E-state index in [0.717, 1.165) is 16.6 Å². The highest BCUT2D eigenvalue weighted by Crippen LogP contribution is 2.15. The summed E-state index contributed by atoms with van der Waals surface area (Å²) in [6.45, 7) is 3.07. The lowest BCUT2D eigenvalue weighted by molar-refractivity contribution is -0.121. The molecule has 2 rings (SSSR count). The van der Waals surface area contributed by atoms with Crippen LogP contribution >= 0.6 is 0 Å². The van der Waals surface area contributed by atoms with Gasteiger partial charge in [-0.25, -0.2) is 0 Å². The molecule has 3 N–H and O–H groups in total. The maximum Gasteiger partial charge on any atom is 0.220 e. The molecule has 0 aliphatic rings. The number of amides is 1. The Labute approximate surface area is 113 Å². The first-order valence-electron chi connectivity index (χ1n) is 6.52. The fourth-order valence-corrected chi connectivity index (χ4v) is 1.97. The Morgan fingerprint density at radius 2 is 2.16 bits per heavy atom. The van der Waals surface area contributed by atoms with E-state index in [9.17, 15) is 4.79 Å². The molecule has 1 heterocycles. The van der Waals surface area contributed by atoms with E-state index in [1.165, 1.54) is 5.56 Å². The van der Waals surface area contributed by atoms with Crippen molar-refractivity contribution in [2.45, 2.75) is 19.8 Å². The van der Waals surface area contributed by atoms with Gasteiger partial charge in [0.15, 0.2) is 0 Å². The van der Waals surface area contributed by atoms with Crippen LogP contribution in [0.3, 0.4) is 0 Å². The van der Waals surface area contributed by atoms with Gasteiger partial charge in [-0.1, -0.05) is 17.7 Å². The van der Waals surface area contributed by atoms with Crippen LogP contribution in [0.25, 0.3) is 10.9 Å².